The smallest absolute Gasteiger partial charge is 0.319 e. The molecule has 0 aromatic heterocycles. The van der Waals surface area contributed by atoms with Crippen molar-refractivity contribution in [3.05, 3.63) is 25.3 Å². The van der Waals surface area contributed by atoms with E-state index in [0.29, 0.717) is 18.6 Å². The van der Waals surface area contributed by atoms with Gasteiger partial charge in [0, 0.05) is 18.3 Å². The summed E-state index contributed by atoms with van der Waals surface area (Å²) in [6, 6.07) is 0. The van der Waals surface area contributed by atoms with Crippen molar-refractivity contribution in [3.63, 3.8) is 0 Å². The maximum absolute atomic E-state index is 11.8. The summed E-state index contributed by atoms with van der Waals surface area (Å²) in [5.41, 5.74) is -1.00. The van der Waals surface area contributed by atoms with E-state index in [9.17, 15) is 14.4 Å². The average molecular weight is 377 g/mol. The second-order valence-electron chi connectivity index (χ2n) is 8.24. The molecule has 2 atom stereocenters. The number of hydrogen-bond acceptors (Lipinski definition) is 4. The predicted octanol–water partition coefficient (Wildman–Crippen LogP) is 5.36. The summed E-state index contributed by atoms with van der Waals surface area (Å²) >= 11 is 0. The molecule has 0 aromatic carbocycles. The number of esters is 1. The molecule has 0 spiro atoms. The van der Waals surface area contributed by atoms with E-state index in [1.54, 1.807) is 6.92 Å². The first kappa shape index (κ1) is 23.3. The Morgan fingerprint density at radius 1 is 0.926 bits per heavy atom. The molecule has 2 saturated carbocycles. The lowest BCUT2D eigenvalue weighted by molar-refractivity contribution is -0.158. The Kier molecular flexibility index (Phi) is 9.68. The fourth-order valence-electron chi connectivity index (χ4n) is 3.82. The van der Waals surface area contributed by atoms with E-state index in [2.05, 4.69) is 20.1 Å². The highest BCUT2D eigenvalue weighted by atomic mass is 16.5. The number of Topliss-reactive ketones (excluding diaryl/α,β-unsaturated/α-hetero) is 2. The topological polar surface area (TPSA) is 60.4 Å². The highest BCUT2D eigenvalue weighted by molar-refractivity contribution is 6.03. The highest BCUT2D eigenvalue weighted by Crippen LogP contribution is 2.35. The third kappa shape index (κ3) is 6.75. The first-order valence-electron chi connectivity index (χ1n) is 10.3. The van der Waals surface area contributed by atoms with Gasteiger partial charge in [-0.05, 0) is 39.0 Å². The Morgan fingerprint density at radius 3 is 2.11 bits per heavy atom. The van der Waals surface area contributed by atoms with Gasteiger partial charge in [0.1, 0.15) is 23.6 Å². The van der Waals surface area contributed by atoms with Gasteiger partial charge in [0.2, 0.25) is 0 Å². The maximum atomic E-state index is 11.8. The van der Waals surface area contributed by atoms with Gasteiger partial charge < -0.3 is 4.74 Å². The minimum Gasteiger partial charge on any atom is -0.461 e. The number of ketones is 2. The largest absolute Gasteiger partial charge is 0.461 e. The number of ether oxygens (including phenoxy) is 1. The molecule has 0 heterocycles. The quantitative estimate of drug-likeness (QED) is 0.281. The van der Waals surface area contributed by atoms with Crippen LogP contribution in [0.15, 0.2) is 25.3 Å². The van der Waals surface area contributed by atoms with Crippen molar-refractivity contribution in [1.29, 1.82) is 0 Å². The molecule has 4 nitrogen and oxygen atoms in total. The fraction of sp³-hybridized carbons (Fsp3) is 0.696. The van der Waals surface area contributed by atoms with E-state index in [4.69, 9.17) is 4.74 Å². The van der Waals surface area contributed by atoms with Crippen LogP contribution in [0.4, 0.5) is 0 Å². The Morgan fingerprint density at radius 2 is 1.52 bits per heavy atom. The lowest BCUT2D eigenvalue weighted by atomic mass is 9.78. The Bertz CT molecular complexity index is 551. The summed E-state index contributed by atoms with van der Waals surface area (Å²) in [4.78, 5) is 35.2. The van der Waals surface area contributed by atoms with Gasteiger partial charge in [-0.2, -0.15) is 0 Å². The third-order valence-electron chi connectivity index (χ3n) is 5.88. The van der Waals surface area contributed by atoms with Crippen LogP contribution in [0.25, 0.3) is 0 Å². The SMILES string of the molecule is C=CCOC(=O)C1(C)CCCCCC1=O.C=CC[C@]1(C)CCCCCC1=O. The van der Waals surface area contributed by atoms with Crippen LogP contribution in [0, 0.1) is 10.8 Å². The standard InChI is InChI=1S/C12H18O3.C11H18O/c1-3-9-15-11(14)12(2)8-6-4-5-7-10(12)13;1-3-8-11(2)9-6-4-5-7-10(11)12/h3H,1,4-9H2,2H3;3H,1,4-9H2,2H3/t;11-/m.1/s1. The highest BCUT2D eigenvalue weighted by Gasteiger charge is 2.42. The molecule has 27 heavy (non-hydrogen) atoms. The summed E-state index contributed by atoms with van der Waals surface area (Å²) in [7, 11) is 0. The summed E-state index contributed by atoms with van der Waals surface area (Å²) in [6.45, 7) is 11.2. The molecule has 4 heteroatoms. The van der Waals surface area contributed by atoms with Crippen LogP contribution < -0.4 is 0 Å². The summed E-state index contributed by atoms with van der Waals surface area (Å²) < 4.78 is 4.98. The van der Waals surface area contributed by atoms with Gasteiger partial charge >= 0.3 is 5.97 Å². The monoisotopic (exact) mass is 376 g/mol. The first-order chi connectivity index (χ1) is 12.8. The summed E-state index contributed by atoms with van der Waals surface area (Å²) in [5.74, 6) is 0.0725. The van der Waals surface area contributed by atoms with Crippen molar-refractivity contribution in [2.24, 2.45) is 10.8 Å². The zero-order valence-electron chi connectivity index (χ0n) is 17.2. The van der Waals surface area contributed by atoms with Crippen LogP contribution in [0.2, 0.25) is 0 Å². The molecule has 0 N–H and O–H groups in total. The normalized spacial score (nSPS) is 28.8. The molecule has 2 aliphatic carbocycles. The van der Waals surface area contributed by atoms with Gasteiger partial charge in [0.25, 0.3) is 0 Å². The Labute approximate surface area is 164 Å². The molecular formula is C23H36O4. The predicted molar refractivity (Wildman–Crippen MR) is 108 cm³/mol. The summed E-state index contributed by atoms with van der Waals surface area (Å²) in [5, 5.41) is 0. The molecule has 2 aliphatic rings. The summed E-state index contributed by atoms with van der Waals surface area (Å²) in [6.07, 6.45) is 13.5. The van der Waals surface area contributed by atoms with E-state index < -0.39 is 11.4 Å². The third-order valence-corrected chi connectivity index (χ3v) is 5.88. The number of carbonyl (C=O) groups excluding carboxylic acids is 3. The van der Waals surface area contributed by atoms with Crippen LogP contribution in [-0.2, 0) is 19.1 Å². The van der Waals surface area contributed by atoms with Gasteiger partial charge in [-0.15, -0.1) is 6.58 Å². The van der Waals surface area contributed by atoms with Gasteiger partial charge in [-0.3, -0.25) is 14.4 Å². The van der Waals surface area contributed by atoms with Crippen molar-refractivity contribution >= 4 is 17.5 Å². The van der Waals surface area contributed by atoms with Gasteiger partial charge in [0.05, 0.1) is 0 Å². The van der Waals surface area contributed by atoms with Crippen molar-refractivity contribution in [3.8, 4) is 0 Å². The van der Waals surface area contributed by atoms with E-state index in [1.807, 2.05) is 6.08 Å². The molecule has 0 bridgehead atoms. The van der Waals surface area contributed by atoms with Gasteiger partial charge in [0.15, 0.2) is 0 Å². The molecule has 0 saturated heterocycles. The van der Waals surface area contributed by atoms with E-state index in [1.165, 1.54) is 18.9 Å². The molecule has 2 fully saturated rings. The van der Waals surface area contributed by atoms with Crippen molar-refractivity contribution in [1.82, 2.24) is 0 Å². The minimum absolute atomic E-state index is 0.0223. The fourth-order valence-corrected chi connectivity index (χ4v) is 3.82. The molecule has 0 aromatic rings. The molecule has 0 amide bonds. The van der Waals surface area contributed by atoms with Crippen molar-refractivity contribution in [2.75, 3.05) is 6.61 Å². The zero-order chi connectivity index (χ0) is 20.3. The first-order valence-corrected chi connectivity index (χ1v) is 10.3. The van der Waals surface area contributed by atoms with Crippen LogP contribution in [0.1, 0.15) is 84.5 Å². The number of allylic oxidation sites excluding steroid dienone is 1. The molecule has 1 unspecified atom stereocenters. The Hall–Kier alpha value is -1.71. The van der Waals surface area contributed by atoms with Gasteiger partial charge in [-0.1, -0.05) is 51.3 Å². The number of rotatable bonds is 5. The lowest BCUT2D eigenvalue weighted by Crippen LogP contribution is -2.37. The number of carbonyl (C=O) groups is 3. The van der Waals surface area contributed by atoms with E-state index in [-0.39, 0.29) is 17.8 Å². The van der Waals surface area contributed by atoms with Crippen LogP contribution in [0.3, 0.4) is 0 Å². The molecule has 152 valence electrons. The lowest BCUT2D eigenvalue weighted by Gasteiger charge is -2.24. The van der Waals surface area contributed by atoms with Gasteiger partial charge in [-0.25, -0.2) is 0 Å². The van der Waals surface area contributed by atoms with Crippen LogP contribution >= 0.6 is 0 Å². The van der Waals surface area contributed by atoms with Crippen LogP contribution in [0.5, 0.6) is 0 Å². The Balaban J connectivity index is 0.000000277. The second kappa shape index (κ2) is 11.2. The minimum atomic E-state index is -0.917. The maximum Gasteiger partial charge on any atom is 0.319 e. The molecule has 0 aliphatic heterocycles. The average Bonchev–Trinajstić information content (AvgIpc) is 2.91. The van der Waals surface area contributed by atoms with Crippen molar-refractivity contribution < 1.29 is 19.1 Å². The van der Waals surface area contributed by atoms with E-state index in [0.717, 1.165) is 44.9 Å². The molecule has 0 radical (unpaired) electrons. The molecule has 2 rings (SSSR count). The number of hydrogen-bond donors (Lipinski definition) is 0. The van der Waals surface area contributed by atoms with Crippen LogP contribution in [-0.4, -0.2) is 24.1 Å². The van der Waals surface area contributed by atoms with Crippen molar-refractivity contribution in [2.45, 2.75) is 84.5 Å². The molecular weight excluding hydrogens is 340 g/mol. The van der Waals surface area contributed by atoms with E-state index >= 15 is 0 Å². The zero-order valence-corrected chi connectivity index (χ0v) is 17.2. The second-order valence-corrected chi connectivity index (χ2v) is 8.24.